The van der Waals surface area contributed by atoms with Gasteiger partial charge in [-0.15, -0.1) is 0 Å². The molecular formula is C35H45N5O10S. The van der Waals surface area contributed by atoms with Crippen molar-refractivity contribution in [3.63, 3.8) is 0 Å². The van der Waals surface area contributed by atoms with Crippen LogP contribution in [-0.4, -0.2) is 103 Å². The maximum absolute atomic E-state index is 14.3. The number of sulfonamides is 1. The van der Waals surface area contributed by atoms with Crippen LogP contribution in [0.5, 0.6) is 0 Å². The number of hydrogen-bond acceptors (Lipinski definition) is 10. The second-order valence-corrected chi connectivity index (χ2v) is 16.4. The Morgan fingerprint density at radius 2 is 1.73 bits per heavy atom. The van der Waals surface area contributed by atoms with Crippen molar-refractivity contribution in [3.8, 4) is 0 Å². The molecule has 2 saturated heterocycles. The smallest absolute Gasteiger partial charge is 0.410 e. The Hall–Kier alpha value is -4.18. The fraction of sp³-hybridized carbons (Fsp3) is 0.629. The Labute approximate surface area is 296 Å². The van der Waals surface area contributed by atoms with Crippen molar-refractivity contribution in [2.24, 2.45) is 5.92 Å². The van der Waals surface area contributed by atoms with Crippen molar-refractivity contribution in [2.45, 2.75) is 112 Å². The first-order valence-electron chi connectivity index (χ1n) is 17.9. The topological polar surface area (TPSA) is 190 Å². The highest BCUT2D eigenvalue weighted by atomic mass is 32.2. The number of benzene rings is 1. The highest BCUT2D eigenvalue weighted by molar-refractivity contribution is 7.91. The van der Waals surface area contributed by atoms with Crippen LogP contribution < -0.4 is 15.4 Å². The molecule has 4 fully saturated rings. The largest absolute Gasteiger partial charge is 0.444 e. The third kappa shape index (κ3) is 7.86. The Morgan fingerprint density at radius 3 is 2.43 bits per heavy atom. The van der Waals surface area contributed by atoms with Crippen molar-refractivity contribution < 1.29 is 46.6 Å². The number of allylic oxidation sites excluding steroid dienone is 1. The van der Waals surface area contributed by atoms with Crippen LogP contribution in [-0.2, 0) is 51.7 Å². The van der Waals surface area contributed by atoms with Crippen molar-refractivity contribution in [3.05, 3.63) is 47.5 Å². The zero-order valence-electron chi connectivity index (χ0n) is 28.4. The van der Waals surface area contributed by atoms with E-state index >= 15 is 0 Å². The van der Waals surface area contributed by atoms with Crippen LogP contribution in [0.2, 0.25) is 0 Å². The molecule has 0 bridgehead atoms. The van der Waals surface area contributed by atoms with Gasteiger partial charge in [0.1, 0.15) is 29.8 Å². The lowest BCUT2D eigenvalue weighted by molar-refractivity contribution is -0.141. The summed E-state index contributed by atoms with van der Waals surface area (Å²) in [7, 11) is -3.90. The molecule has 4 heterocycles. The minimum Gasteiger partial charge on any atom is -0.444 e. The van der Waals surface area contributed by atoms with Crippen LogP contribution in [0, 0.1) is 5.92 Å². The van der Waals surface area contributed by atoms with Crippen LogP contribution in [0.25, 0.3) is 0 Å². The number of hydrogen-bond donors (Lipinski definition) is 3. The predicted molar refractivity (Wildman–Crippen MR) is 180 cm³/mol. The van der Waals surface area contributed by atoms with Crippen LogP contribution in [0.15, 0.2) is 36.4 Å². The first-order chi connectivity index (χ1) is 24.5. The van der Waals surface area contributed by atoms with Crippen molar-refractivity contribution >= 4 is 39.9 Å². The molecule has 7 rings (SSSR count). The number of fused-ring (bicyclic) bond motifs is 3. The van der Waals surface area contributed by atoms with Crippen LogP contribution >= 0.6 is 0 Å². The van der Waals surface area contributed by atoms with E-state index in [1.165, 1.54) is 4.90 Å². The summed E-state index contributed by atoms with van der Waals surface area (Å²) in [5.74, 6) is -2.48. The molecule has 4 aliphatic heterocycles. The molecule has 15 nitrogen and oxygen atoms in total. The van der Waals surface area contributed by atoms with Gasteiger partial charge in [0.25, 0.3) is 5.91 Å². The molecule has 0 unspecified atom stereocenters. The molecule has 276 valence electrons. The molecular weight excluding hydrogens is 682 g/mol. The minimum atomic E-state index is -3.90. The molecule has 16 heteroatoms. The second kappa shape index (κ2) is 14.4. The van der Waals surface area contributed by atoms with Gasteiger partial charge >= 0.3 is 12.2 Å². The van der Waals surface area contributed by atoms with Gasteiger partial charge < -0.3 is 29.7 Å². The summed E-state index contributed by atoms with van der Waals surface area (Å²) in [5, 5.41) is 4.89. The summed E-state index contributed by atoms with van der Waals surface area (Å²) in [5.41, 5.74) is 0.493. The van der Waals surface area contributed by atoms with Gasteiger partial charge in [0.2, 0.25) is 21.8 Å². The van der Waals surface area contributed by atoms with E-state index in [9.17, 15) is 32.4 Å². The van der Waals surface area contributed by atoms with E-state index in [0.717, 1.165) is 24.0 Å². The first-order valence-corrected chi connectivity index (χ1v) is 19.5. The van der Waals surface area contributed by atoms with E-state index in [2.05, 4.69) is 15.4 Å². The van der Waals surface area contributed by atoms with E-state index in [1.807, 2.05) is 36.4 Å². The number of nitrogens with zero attached hydrogens (tertiary/aromatic N) is 2. The van der Waals surface area contributed by atoms with Gasteiger partial charge in [0.15, 0.2) is 0 Å². The van der Waals surface area contributed by atoms with Crippen LogP contribution in [0.3, 0.4) is 0 Å². The van der Waals surface area contributed by atoms with E-state index in [-0.39, 0.29) is 32.4 Å². The van der Waals surface area contributed by atoms with E-state index in [4.69, 9.17) is 14.2 Å². The normalized spacial score (nSPS) is 30.9. The Balaban J connectivity index is 1.12. The van der Waals surface area contributed by atoms with Gasteiger partial charge in [-0.2, -0.15) is 0 Å². The third-order valence-corrected chi connectivity index (χ3v) is 12.5. The van der Waals surface area contributed by atoms with Crippen molar-refractivity contribution in [2.75, 3.05) is 19.8 Å². The number of rotatable bonds is 6. The fourth-order valence-electron chi connectivity index (χ4n) is 7.46. The first kappa shape index (κ1) is 35.2. The molecule has 0 aromatic heterocycles. The fourth-order valence-corrected chi connectivity index (χ4v) is 8.82. The average Bonchev–Trinajstić information content (AvgIpc) is 3.88. The number of amides is 5. The Bertz CT molecular complexity index is 1670. The third-order valence-electron chi connectivity index (χ3n) is 10.7. The lowest BCUT2D eigenvalue weighted by Crippen LogP contribution is -2.58. The molecule has 2 saturated carbocycles. The zero-order chi connectivity index (χ0) is 35.8. The second-order valence-electron chi connectivity index (χ2n) is 14.5. The van der Waals surface area contributed by atoms with Gasteiger partial charge in [-0.25, -0.2) is 18.0 Å². The quantitative estimate of drug-likeness (QED) is 0.366. The molecule has 5 amide bonds. The van der Waals surface area contributed by atoms with E-state index in [1.54, 1.807) is 4.90 Å². The maximum atomic E-state index is 14.3. The Kier molecular flexibility index (Phi) is 9.98. The summed E-state index contributed by atoms with van der Waals surface area (Å²) < 4.78 is 44.4. The summed E-state index contributed by atoms with van der Waals surface area (Å²) in [4.78, 5) is 71.3. The molecule has 1 aromatic carbocycles. The van der Waals surface area contributed by atoms with Crippen LogP contribution in [0.4, 0.5) is 9.59 Å². The van der Waals surface area contributed by atoms with Gasteiger partial charge in [0, 0.05) is 31.8 Å². The van der Waals surface area contributed by atoms with Gasteiger partial charge in [0.05, 0.1) is 25.0 Å². The highest BCUT2D eigenvalue weighted by Crippen LogP contribution is 2.46. The molecule has 1 aromatic rings. The minimum absolute atomic E-state index is 0.0563. The highest BCUT2D eigenvalue weighted by Gasteiger charge is 2.62. The molecule has 2 aliphatic carbocycles. The molecule has 51 heavy (non-hydrogen) atoms. The van der Waals surface area contributed by atoms with Crippen molar-refractivity contribution in [1.82, 2.24) is 25.2 Å². The SMILES string of the molecule is O=C(N[C@@H]1CCCCCC=C[C@@H]2C[C@@]2(C(=O)NS(=O)(=O)C2CC2)NC(=O)[C@@H]2C[C@@H](OC(=O)N3Cc4ccccc4C3)CN2C1=O)O[C@@H]1CCOC1. The van der Waals surface area contributed by atoms with Gasteiger partial charge in [-0.05, 0) is 49.7 Å². The molecule has 6 atom stereocenters. The number of ether oxygens (including phenoxy) is 3. The van der Waals surface area contributed by atoms with E-state index < -0.39 is 80.9 Å². The summed E-state index contributed by atoms with van der Waals surface area (Å²) in [6.07, 6.45) is 5.82. The predicted octanol–water partition coefficient (Wildman–Crippen LogP) is 2.00. The maximum Gasteiger partial charge on any atom is 0.410 e. The zero-order valence-corrected chi connectivity index (χ0v) is 29.2. The van der Waals surface area contributed by atoms with Gasteiger partial charge in [-0.3, -0.25) is 24.0 Å². The summed E-state index contributed by atoms with van der Waals surface area (Å²) >= 11 is 0. The number of nitrogens with one attached hydrogen (secondary N) is 3. The summed E-state index contributed by atoms with van der Waals surface area (Å²) in [6, 6.07) is 5.48. The molecule has 0 spiro atoms. The number of carbonyl (C=O) groups excluding carboxylic acids is 5. The Morgan fingerprint density at radius 1 is 0.961 bits per heavy atom. The standard InChI is InChI=1S/C35H45N5O10S/c41-30-29-16-26(50-34(45)39-18-22-8-6-7-9-23(22)19-39)20-40(29)31(42)28(36-33(44)49-25-14-15-48-21-25)11-5-3-1-2-4-10-24-17-35(24,37-30)32(43)38-51(46,47)27-12-13-27/h4,6-10,24-29H,1-3,5,11-21H2,(H,36,44)(H,37,41)(H,38,43)/t24-,25-,26-,28-,29+,35-/m1/s1. The monoisotopic (exact) mass is 727 g/mol. The van der Waals surface area contributed by atoms with Crippen LogP contribution in [0.1, 0.15) is 75.3 Å². The summed E-state index contributed by atoms with van der Waals surface area (Å²) in [6.45, 7) is 1.35. The van der Waals surface area contributed by atoms with Crippen molar-refractivity contribution in [1.29, 1.82) is 0 Å². The lowest BCUT2D eigenvalue weighted by atomic mass is 10.0. The molecule has 6 aliphatic rings. The van der Waals surface area contributed by atoms with Gasteiger partial charge in [-0.1, -0.05) is 49.3 Å². The molecule has 3 N–H and O–H groups in total. The lowest BCUT2D eigenvalue weighted by Gasteiger charge is -2.30. The molecule has 0 radical (unpaired) electrons. The number of alkyl carbamates (subject to hydrolysis) is 1. The number of carbonyl (C=O) groups is 5. The van der Waals surface area contributed by atoms with E-state index in [0.29, 0.717) is 51.8 Å². The average molecular weight is 728 g/mol.